The first-order chi connectivity index (χ1) is 7.68. The van der Waals surface area contributed by atoms with Crippen molar-refractivity contribution in [1.82, 2.24) is 5.32 Å². The van der Waals surface area contributed by atoms with Crippen LogP contribution in [0.3, 0.4) is 0 Å². The Kier molecular flexibility index (Phi) is 2.98. The molecule has 1 aliphatic rings. The van der Waals surface area contributed by atoms with E-state index < -0.39 is 5.54 Å². The van der Waals surface area contributed by atoms with Crippen LogP contribution >= 0.6 is 0 Å². The fourth-order valence-electron chi connectivity index (χ4n) is 2.32. The Morgan fingerprint density at radius 2 is 2.06 bits per heavy atom. The third-order valence-corrected chi connectivity index (χ3v) is 3.60. The predicted octanol–water partition coefficient (Wildman–Crippen LogP) is 2.80. The van der Waals surface area contributed by atoms with Gasteiger partial charge in [-0.2, -0.15) is 5.26 Å². The Hall–Kier alpha value is -1.33. The van der Waals surface area contributed by atoms with Crippen LogP contribution in [0.2, 0.25) is 0 Å². The predicted molar refractivity (Wildman–Crippen MR) is 65.1 cm³/mol. The Labute approximate surface area is 97.3 Å². The first kappa shape index (κ1) is 11.2. The second kappa shape index (κ2) is 4.27. The minimum Gasteiger partial charge on any atom is -0.296 e. The van der Waals surface area contributed by atoms with E-state index >= 15 is 0 Å². The normalized spacial score (nSPS) is 25.1. The SMILES string of the molecule is Cc1ccc(C2(C#N)CCCCN2)cc1C. The van der Waals surface area contributed by atoms with Crippen molar-refractivity contribution in [2.24, 2.45) is 0 Å². The fourth-order valence-corrected chi connectivity index (χ4v) is 2.32. The van der Waals surface area contributed by atoms with Crippen LogP contribution in [0.25, 0.3) is 0 Å². The summed E-state index contributed by atoms with van der Waals surface area (Å²) in [5.41, 5.74) is 3.22. The van der Waals surface area contributed by atoms with Gasteiger partial charge in [0.05, 0.1) is 6.07 Å². The molecule has 1 atom stereocenters. The fraction of sp³-hybridized carbons (Fsp3) is 0.500. The highest BCUT2D eigenvalue weighted by Gasteiger charge is 2.33. The minimum absolute atomic E-state index is 0.448. The largest absolute Gasteiger partial charge is 0.296 e. The monoisotopic (exact) mass is 214 g/mol. The quantitative estimate of drug-likeness (QED) is 0.780. The molecule has 0 saturated carbocycles. The van der Waals surface area contributed by atoms with E-state index in [-0.39, 0.29) is 0 Å². The highest BCUT2D eigenvalue weighted by Crippen LogP contribution is 2.30. The number of rotatable bonds is 1. The van der Waals surface area contributed by atoms with Crippen molar-refractivity contribution < 1.29 is 0 Å². The second-order valence-electron chi connectivity index (χ2n) is 4.70. The van der Waals surface area contributed by atoms with Crippen molar-refractivity contribution in [2.45, 2.75) is 38.6 Å². The first-order valence-corrected chi connectivity index (χ1v) is 5.92. The molecule has 0 aromatic heterocycles. The number of benzene rings is 1. The lowest BCUT2D eigenvalue weighted by molar-refractivity contribution is 0.330. The van der Waals surface area contributed by atoms with E-state index in [4.69, 9.17) is 0 Å². The maximum Gasteiger partial charge on any atom is 0.132 e. The zero-order valence-corrected chi connectivity index (χ0v) is 10.0. The van der Waals surface area contributed by atoms with Crippen molar-refractivity contribution in [2.75, 3.05) is 6.54 Å². The van der Waals surface area contributed by atoms with Crippen LogP contribution in [0, 0.1) is 25.2 Å². The number of nitrogens with one attached hydrogen (secondary N) is 1. The lowest BCUT2D eigenvalue weighted by atomic mass is 9.82. The van der Waals surface area contributed by atoms with E-state index in [0.29, 0.717) is 0 Å². The van der Waals surface area contributed by atoms with Gasteiger partial charge in [-0.25, -0.2) is 0 Å². The van der Waals surface area contributed by atoms with E-state index in [2.05, 4.69) is 43.4 Å². The molecule has 0 amide bonds. The van der Waals surface area contributed by atoms with Gasteiger partial charge < -0.3 is 0 Å². The molecule has 1 fully saturated rings. The van der Waals surface area contributed by atoms with Gasteiger partial charge in [0.15, 0.2) is 0 Å². The Morgan fingerprint density at radius 1 is 1.25 bits per heavy atom. The molecule has 1 aromatic carbocycles. The zero-order valence-electron chi connectivity index (χ0n) is 10.0. The Morgan fingerprint density at radius 3 is 2.62 bits per heavy atom. The van der Waals surface area contributed by atoms with Crippen LogP contribution in [-0.4, -0.2) is 6.54 Å². The standard InChI is InChI=1S/C14H18N2/c1-11-5-6-13(9-12(11)2)14(10-15)7-3-4-8-16-14/h5-6,9,16H,3-4,7-8H2,1-2H3. The summed E-state index contributed by atoms with van der Waals surface area (Å²) in [6.07, 6.45) is 3.23. The van der Waals surface area contributed by atoms with Gasteiger partial charge in [-0.3, -0.25) is 5.32 Å². The maximum absolute atomic E-state index is 9.44. The summed E-state index contributed by atoms with van der Waals surface area (Å²) >= 11 is 0. The average molecular weight is 214 g/mol. The molecule has 0 bridgehead atoms. The molecule has 0 spiro atoms. The van der Waals surface area contributed by atoms with Gasteiger partial charge in [0.1, 0.15) is 5.54 Å². The second-order valence-corrected chi connectivity index (χ2v) is 4.70. The number of piperidine rings is 1. The third kappa shape index (κ3) is 1.83. The summed E-state index contributed by atoms with van der Waals surface area (Å²) < 4.78 is 0. The van der Waals surface area contributed by atoms with E-state index in [1.165, 1.54) is 17.5 Å². The minimum atomic E-state index is -0.448. The number of hydrogen-bond acceptors (Lipinski definition) is 2. The summed E-state index contributed by atoms with van der Waals surface area (Å²) in [6.45, 7) is 5.15. The smallest absolute Gasteiger partial charge is 0.132 e. The molecular formula is C14H18N2. The van der Waals surface area contributed by atoms with E-state index in [9.17, 15) is 5.26 Å². The van der Waals surface area contributed by atoms with Gasteiger partial charge in [0, 0.05) is 0 Å². The molecular weight excluding hydrogens is 196 g/mol. The molecule has 84 valence electrons. The highest BCUT2D eigenvalue weighted by atomic mass is 15.0. The summed E-state index contributed by atoms with van der Waals surface area (Å²) in [7, 11) is 0. The van der Waals surface area contributed by atoms with Crippen molar-refractivity contribution in [3.63, 3.8) is 0 Å². The molecule has 1 saturated heterocycles. The molecule has 1 N–H and O–H groups in total. The van der Waals surface area contributed by atoms with Crippen LogP contribution in [0.4, 0.5) is 0 Å². The zero-order chi connectivity index (χ0) is 11.6. The van der Waals surface area contributed by atoms with E-state index in [0.717, 1.165) is 24.9 Å². The summed E-state index contributed by atoms with van der Waals surface area (Å²) in [6, 6.07) is 8.82. The van der Waals surface area contributed by atoms with E-state index in [1.807, 2.05) is 0 Å². The Balaban J connectivity index is 2.40. The number of nitriles is 1. The number of aryl methyl sites for hydroxylation is 2. The van der Waals surface area contributed by atoms with Gasteiger partial charge in [-0.15, -0.1) is 0 Å². The van der Waals surface area contributed by atoms with Gasteiger partial charge in [0.2, 0.25) is 0 Å². The highest BCUT2D eigenvalue weighted by molar-refractivity contribution is 5.38. The van der Waals surface area contributed by atoms with Gasteiger partial charge >= 0.3 is 0 Å². The Bertz CT molecular complexity index is 423. The molecule has 0 aliphatic carbocycles. The van der Waals surface area contributed by atoms with Crippen LogP contribution in [0.5, 0.6) is 0 Å². The van der Waals surface area contributed by atoms with Crippen molar-refractivity contribution in [1.29, 1.82) is 5.26 Å². The summed E-state index contributed by atoms with van der Waals surface area (Å²) in [5, 5.41) is 12.8. The van der Waals surface area contributed by atoms with E-state index in [1.54, 1.807) is 0 Å². The topological polar surface area (TPSA) is 35.8 Å². The molecule has 1 heterocycles. The van der Waals surface area contributed by atoms with Crippen LogP contribution in [-0.2, 0) is 5.54 Å². The maximum atomic E-state index is 9.44. The van der Waals surface area contributed by atoms with Crippen molar-refractivity contribution in [3.05, 3.63) is 34.9 Å². The average Bonchev–Trinajstić information content (AvgIpc) is 2.33. The lowest BCUT2D eigenvalue weighted by Crippen LogP contribution is -2.44. The molecule has 1 aliphatic heterocycles. The molecule has 2 rings (SSSR count). The number of nitrogens with zero attached hydrogens (tertiary/aromatic N) is 1. The summed E-state index contributed by atoms with van der Waals surface area (Å²) in [5.74, 6) is 0. The van der Waals surface area contributed by atoms with Gasteiger partial charge in [0.25, 0.3) is 0 Å². The molecule has 16 heavy (non-hydrogen) atoms. The lowest BCUT2D eigenvalue weighted by Gasteiger charge is -2.32. The first-order valence-electron chi connectivity index (χ1n) is 5.92. The van der Waals surface area contributed by atoms with Crippen LogP contribution in [0.15, 0.2) is 18.2 Å². The van der Waals surface area contributed by atoms with Crippen LogP contribution in [0.1, 0.15) is 36.0 Å². The molecule has 2 heteroatoms. The van der Waals surface area contributed by atoms with Gasteiger partial charge in [-0.1, -0.05) is 18.2 Å². The molecule has 1 unspecified atom stereocenters. The van der Waals surface area contributed by atoms with Crippen LogP contribution < -0.4 is 5.32 Å². The summed E-state index contributed by atoms with van der Waals surface area (Å²) in [4.78, 5) is 0. The molecule has 0 radical (unpaired) electrons. The number of hydrogen-bond donors (Lipinski definition) is 1. The molecule has 1 aromatic rings. The van der Waals surface area contributed by atoms with Crippen molar-refractivity contribution in [3.8, 4) is 6.07 Å². The van der Waals surface area contributed by atoms with Gasteiger partial charge in [-0.05, 0) is 56.3 Å². The molecule has 2 nitrogen and oxygen atoms in total. The third-order valence-electron chi connectivity index (χ3n) is 3.60. The van der Waals surface area contributed by atoms with Crippen molar-refractivity contribution >= 4 is 0 Å².